The normalized spacial score (nSPS) is 16.1. The van der Waals surface area contributed by atoms with Crippen LogP contribution in [0.5, 0.6) is 0 Å². The van der Waals surface area contributed by atoms with E-state index in [1.807, 2.05) is 0 Å². The molecular formula is C15H33N. The molecule has 0 aliphatic carbocycles. The molecule has 2 unspecified atom stereocenters. The van der Waals surface area contributed by atoms with E-state index in [2.05, 4.69) is 53.5 Å². The summed E-state index contributed by atoms with van der Waals surface area (Å²) in [6.07, 6.45) is 4.01. The summed E-state index contributed by atoms with van der Waals surface area (Å²) in [5.74, 6) is 2.44. The predicted molar refractivity (Wildman–Crippen MR) is 74.8 cm³/mol. The lowest BCUT2D eigenvalue weighted by molar-refractivity contribution is 0.165. The highest BCUT2D eigenvalue weighted by atomic mass is 15.1. The van der Waals surface area contributed by atoms with Gasteiger partial charge in [0.2, 0.25) is 0 Å². The molecule has 1 heteroatoms. The fraction of sp³-hybridized carbons (Fsp3) is 1.00. The molecule has 1 nitrogen and oxygen atoms in total. The quantitative estimate of drug-likeness (QED) is 0.593. The summed E-state index contributed by atoms with van der Waals surface area (Å²) in [5.41, 5.74) is 0. The first kappa shape index (κ1) is 16.0. The second-order valence-electron chi connectivity index (χ2n) is 6.37. The summed E-state index contributed by atoms with van der Waals surface area (Å²) in [7, 11) is 2.30. The summed E-state index contributed by atoms with van der Waals surface area (Å²) < 4.78 is 0. The molecule has 0 aromatic rings. The molecule has 0 aromatic carbocycles. The maximum atomic E-state index is 2.58. The van der Waals surface area contributed by atoms with E-state index in [1.54, 1.807) is 0 Å². The van der Waals surface area contributed by atoms with Crippen LogP contribution < -0.4 is 0 Å². The van der Waals surface area contributed by atoms with Crippen LogP contribution in [0, 0.1) is 17.8 Å². The molecule has 0 radical (unpaired) electrons. The molecule has 0 aromatic heterocycles. The molecule has 0 saturated carbocycles. The fourth-order valence-corrected chi connectivity index (χ4v) is 2.36. The van der Waals surface area contributed by atoms with Crippen molar-refractivity contribution in [3.63, 3.8) is 0 Å². The van der Waals surface area contributed by atoms with Gasteiger partial charge in [0, 0.05) is 12.6 Å². The summed E-state index contributed by atoms with van der Waals surface area (Å²) in [6, 6.07) is 0.775. The minimum absolute atomic E-state index is 0.775. The molecule has 0 fully saturated rings. The lowest BCUT2D eigenvalue weighted by atomic mass is 9.92. The molecule has 0 aliphatic rings. The Bertz CT molecular complexity index is 163. The zero-order chi connectivity index (χ0) is 12.7. The monoisotopic (exact) mass is 227 g/mol. The fourth-order valence-electron chi connectivity index (χ4n) is 2.36. The average Bonchev–Trinajstić information content (AvgIpc) is 2.14. The summed E-state index contributed by atoms with van der Waals surface area (Å²) in [6.45, 7) is 15.2. The largest absolute Gasteiger partial charge is 0.303 e. The van der Waals surface area contributed by atoms with Crippen molar-refractivity contribution in [2.45, 2.75) is 66.8 Å². The van der Waals surface area contributed by atoms with Crippen LogP contribution in [0.2, 0.25) is 0 Å². The Hall–Kier alpha value is -0.0400. The van der Waals surface area contributed by atoms with Crippen LogP contribution in [0.25, 0.3) is 0 Å². The minimum atomic E-state index is 0.775. The Kier molecular flexibility index (Phi) is 8.09. The van der Waals surface area contributed by atoms with Crippen molar-refractivity contribution in [3.05, 3.63) is 0 Å². The molecule has 0 amide bonds. The highest BCUT2D eigenvalue weighted by Crippen LogP contribution is 2.20. The van der Waals surface area contributed by atoms with Gasteiger partial charge >= 0.3 is 0 Å². The smallest absolute Gasteiger partial charge is 0.00972 e. The van der Waals surface area contributed by atoms with Crippen molar-refractivity contribution in [1.82, 2.24) is 4.90 Å². The van der Waals surface area contributed by atoms with Gasteiger partial charge in [0.1, 0.15) is 0 Å². The van der Waals surface area contributed by atoms with Crippen molar-refractivity contribution in [2.75, 3.05) is 13.6 Å². The first-order valence-electron chi connectivity index (χ1n) is 7.06. The van der Waals surface area contributed by atoms with Crippen LogP contribution in [0.3, 0.4) is 0 Å². The van der Waals surface area contributed by atoms with E-state index in [1.165, 1.54) is 25.8 Å². The molecule has 0 spiro atoms. The minimum Gasteiger partial charge on any atom is -0.303 e. The lowest BCUT2D eigenvalue weighted by Gasteiger charge is -2.32. The van der Waals surface area contributed by atoms with Crippen molar-refractivity contribution in [3.8, 4) is 0 Å². The van der Waals surface area contributed by atoms with Gasteiger partial charge in [-0.15, -0.1) is 0 Å². The van der Waals surface area contributed by atoms with Gasteiger partial charge in [-0.1, -0.05) is 48.0 Å². The third-order valence-electron chi connectivity index (χ3n) is 3.39. The van der Waals surface area contributed by atoms with Gasteiger partial charge < -0.3 is 4.90 Å². The Morgan fingerprint density at radius 2 is 1.44 bits per heavy atom. The average molecular weight is 227 g/mol. The predicted octanol–water partition coefficient (Wildman–Crippen LogP) is 4.43. The summed E-state index contributed by atoms with van der Waals surface area (Å²) in [4.78, 5) is 2.58. The SMILES string of the molecule is CCC(C)CC(CC(C)C)N(C)CC(C)C. The van der Waals surface area contributed by atoms with E-state index in [4.69, 9.17) is 0 Å². The molecule has 16 heavy (non-hydrogen) atoms. The summed E-state index contributed by atoms with van der Waals surface area (Å²) in [5, 5.41) is 0. The maximum absolute atomic E-state index is 2.58. The molecule has 0 N–H and O–H groups in total. The first-order valence-corrected chi connectivity index (χ1v) is 7.06. The van der Waals surface area contributed by atoms with Crippen LogP contribution in [-0.2, 0) is 0 Å². The summed E-state index contributed by atoms with van der Waals surface area (Å²) >= 11 is 0. The van der Waals surface area contributed by atoms with Gasteiger partial charge in [-0.25, -0.2) is 0 Å². The number of hydrogen-bond acceptors (Lipinski definition) is 1. The third kappa shape index (κ3) is 7.27. The van der Waals surface area contributed by atoms with E-state index >= 15 is 0 Å². The van der Waals surface area contributed by atoms with E-state index in [-0.39, 0.29) is 0 Å². The van der Waals surface area contributed by atoms with E-state index in [0.29, 0.717) is 0 Å². The Morgan fingerprint density at radius 3 is 1.81 bits per heavy atom. The van der Waals surface area contributed by atoms with Gasteiger partial charge in [-0.05, 0) is 37.6 Å². The number of nitrogens with zero attached hydrogens (tertiary/aromatic N) is 1. The van der Waals surface area contributed by atoms with Crippen molar-refractivity contribution < 1.29 is 0 Å². The molecule has 0 aliphatic heterocycles. The zero-order valence-electron chi connectivity index (χ0n) is 12.6. The highest BCUT2D eigenvalue weighted by Gasteiger charge is 2.19. The molecule has 0 bridgehead atoms. The Labute approximate surface area is 104 Å². The Balaban J connectivity index is 4.28. The number of rotatable bonds is 8. The maximum Gasteiger partial charge on any atom is 0.00972 e. The standard InChI is InChI=1S/C15H33N/c1-8-14(6)10-15(9-12(2)3)16(7)11-13(4)5/h12-15H,8-11H2,1-7H3. The molecule has 0 heterocycles. The molecule has 0 rings (SSSR count). The van der Waals surface area contributed by atoms with Gasteiger partial charge in [-0.2, -0.15) is 0 Å². The van der Waals surface area contributed by atoms with Crippen LogP contribution in [-0.4, -0.2) is 24.5 Å². The van der Waals surface area contributed by atoms with Crippen LogP contribution >= 0.6 is 0 Å². The van der Waals surface area contributed by atoms with Gasteiger partial charge in [-0.3, -0.25) is 0 Å². The molecule has 0 saturated heterocycles. The third-order valence-corrected chi connectivity index (χ3v) is 3.39. The van der Waals surface area contributed by atoms with Gasteiger partial charge in [0.05, 0.1) is 0 Å². The second-order valence-corrected chi connectivity index (χ2v) is 6.37. The van der Waals surface area contributed by atoms with E-state index in [9.17, 15) is 0 Å². The molecule has 2 atom stereocenters. The Morgan fingerprint density at radius 1 is 0.875 bits per heavy atom. The van der Waals surface area contributed by atoms with Gasteiger partial charge in [0.25, 0.3) is 0 Å². The van der Waals surface area contributed by atoms with Crippen LogP contribution in [0.4, 0.5) is 0 Å². The van der Waals surface area contributed by atoms with Crippen LogP contribution in [0.1, 0.15) is 60.8 Å². The zero-order valence-corrected chi connectivity index (χ0v) is 12.6. The topological polar surface area (TPSA) is 3.24 Å². The van der Waals surface area contributed by atoms with Gasteiger partial charge in [0.15, 0.2) is 0 Å². The lowest BCUT2D eigenvalue weighted by Crippen LogP contribution is -2.36. The number of hydrogen-bond donors (Lipinski definition) is 0. The highest BCUT2D eigenvalue weighted by molar-refractivity contribution is 4.73. The van der Waals surface area contributed by atoms with Crippen molar-refractivity contribution in [2.24, 2.45) is 17.8 Å². The van der Waals surface area contributed by atoms with Crippen molar-refractivity contribution in [1.29, 1.82) is 0 Å². The van der Waals surface area contributed by atoms with Crippen LogP contribution in [0.15, 0.2) is 0 Å². The van der Waals surface area contributed by atoms with E-state index in [0.717, 1.165) is 23.8 Å². The molecular weight excluding hydrogens is 194 g/mol. The van der Waals surface area contributed by atoms with E-state index < -0.39 is 0 Å². The second kappa shape index (κ2) is 8.11. The van der Waals surface area contributed by atoms with Crippen molar-refractivity contribution >= 4 is 0 Å². The first-order chi connectivity index (χ1) is 7.36. The molecule has 98 valence electrons.